The summed E-state index contributed by atoms with van der Waals surface area (Å²) in [7, 11) is 1.58. The number of carbonyl (C=O) groups is 3. The van der Waals surface area contributed by atoms with Crippen LogP contribution in [-0.2, 0) is 19.1 Å². The second-order valence-corrected chi connectivity index (χ2v) is 12.5. The molecule has 1 aromatic carbocycles. The largest absolute Gasteiger partial charge is 0.497 e. The highest BCUT2D eigenvalue weighted by Crippen LogP contribution is 2.56. The molecule has 1 aromatic rings. The minimum Gasteiger partial charge on any atom is -0.497 e. The highest BCUT2D eigenvalue weighted by atomic mass is 16.5. The standard InChI is InChI=1S/C31H41N3O5/c1-18-11-13-21(14-12-18)34-27(29(36)33-23-10-5-4-7-19(23)2)31-16-15-24(39-31)25(26(31)30(34)37)28(35)32-20-8-6-9-22(17-20)38-3/h6,8-9,15-19,21,23-27H,4-5,7,10-14H2,1-3H3,(H,32,35)(H,33,36)/t18?,19?,21?,23?,24-,25?,26-,27?,31?/m1/s1. The van der Waals surface area contributed by atoms with Gasteiger partial charge in [0.05, 0.1) is 25.0 Å². The molecule has 2 saturated carbocycles. The van der Waals surface area contributed by atoms with E-state index in [1.807, 2.05) is 29.2 Å². The zero-order valence-corrected chi connectivity index (χ0v) is 23.2. The molecule has 210 valence electrons. The average molecular weight is 536 g/mol. The molecule has 1 spiro atoms. The maximum atomic E-state index is 14.3. The Morgan fingerprint density at radius 2 is 1.82 bits per heavy atom. The number of nitrogens with one attached hydrogen (secondary N) is 2. The summed E-state index contributed by atoms with van der Waals surface area (Å²) in [6.07, 6.45) is 11.4. The van der Waals surface area contributed by atoms with Crippen molar-refractivity contribution >= 4 is 23.4 Å². The van der Waals surface area contributed by atoms with Crippen molar-refractivity contribution in [3.63, 3.8) is 0 Å². The van der Waals surface area contributed by atoms with E-state index in [2.05, 4.69) is 24.5 Å². The van der Waals surface area contributed by atoms with E-state index in [-0.39, 0.29) is 29.8 Å². The van der Waals surface area contributed by atoms with Crippen LogP contribution < -0.4 is 15.4 Å². The van der Waals surface area contributed by atoms with Gasteiger partial charge in [0.25, 0.3) is 0 Å². The fourth-order valence-corrected chi connectivity index (χ4v) is 7.84. The molecule has 0 radical (unpaired) electrons. The average Bonchev–Trinajstić information content (AvgIpc) is 3.58. The van der Waals surface area contributed by atoms with Crippen LogP contribution in [0.1, 0.15) is 65.2 Å². The number of rotatable bonds is 6. The Morgan fingerprint density at radius 1 is 1.05 bits per heavy atom. The Kier molecular flexibility index (Phi) is 6.94. The zero-order valence-electron chi connectivity index (χ0n) is 23.2. The van der Waals surface area contributed by atoms with Crippen LogP contribution in [0.25, 0.3) is 0 Å². The molecule has 2 N–H and O–H groups in total. The van der Waals surface area contributed by atoms with E-state index in [4.69, 9.17) is 9.47 Å². The lowest BCUT2D eigenvalue weighted by Gasteiger charge is -2.40. The number of anilines is 1. The fraction of sp³-hybridized carbons (Fsp3) is 0.645. The number of methoxy groups -OCH3 is 1. The summed E-state index contributed by atoms with van der Waals surface area (Å²) >= 11 is 0. The number of hydrogen-bond acceptors (Lipinski definition) is 5. The number of nitrogens with zero attached hydrogens (tertiary/aromatic N) is 1. The first kappa shape index (κ1) is 26.4. The van der Waals surface area contributed by atoms with Crippen molar-refractivity contribution in [2.45, 2.75) is 95.0 Å². The second-order valence-electron chi connectivity index (χ2n) is 12.5. The SMILES string of the molecule is COc1cccc(NC(=O)C2[C@H]3C=CC4(O3)C(C(=O)NC3CCCCC3C)N(C3CCC(C)CC3)C(=O)[C@@H]24)c1. The monoisotopic (exact) mass is 535 g/mol. The van der Waals surface area contributed by atoms with E-state index in [9.17, 15) is 14.4 Å². The lowest BCUT2D eigenvalue weighted by Crippen LogP contribution is -2.59. The normalized spacial score (nSPS) is 38.9. The van der Waals surface area contributed by atoms with Crippen LogP contribution >= 0.6 is 0 Å². The third kappa shape index (κ3) is 4.45. The Morgan fingerprint density at radius 3 is 2.56 bits per heavy atom. The summed E-state index contributed by atoms with van der Waals surface area (Å²) in [5, 5.41) is 6.32. The van der Waals surface area contributed by atoms with Gasteiger partial charge in [0.2, 0.25) is 17.7 Å². The highest BCUT2D eigenvalue weighted by Gasteiger charge is 2.73. The summed E-state index contributed by atoms with van der Waals surface area (Å²) in [4.78, 5) is 44.0. The molecule has 6 rings (SSSR count). The molecule has 3 aliphatic heterocycles. The number of hydrogen-bond donors (Lipinski definition) is 2. The van der Waals surface area contributed by atoms with Crippen molar-refractivity contribution in [1.82, 2.24) is 10.2 Å². The smallest absolute Gasteiger partial charge is 0.246 e. The van der Waals surface area contributed by atoms with Gasteiger partial charge >= 0.3 is 0 Å². The van der Waals surface area contributed by atoms with Gasteiger partial charge in [-0.15, -0.1) is 0 Å². The van der Waals surface area contributed by atoms with Gasteiger partial charge in [-0.1, -0.05) is 44.9 Å². The Balaban J connectivity index is 1.31. The molecule has 4 fully saturated rings. The van der Waals surface area contributed by atoms with Gasteiger partial charge in [-0.3, -0.25) is 14.4 Å². The van der Waals surface area contributed by atoms with Crippen LogP contribution in [0.4, 0.5) is 5.69 Å². The summed E-state index contributed by atoms with van der Waals surface area (Å²) < 4.78 is 11.8. The number of benzene rings is 1. The molecule has 3 amide bonds. The lowest BCUT2D eigenvalue weighted by molar-refractivity contribution is -0.145. The fourth-order valence-electron chi connectivity index (χ4n) is 7.84. The van der Waals surface area contributed by atoms with Crippen molar-refractivity contribution in [3.8, 4) is 5.75 Å². The van der Waals surface area contributed by atoms with Gasteiger partial charge in [0, 0.05) is 23.8 Å². The van der Waals surface area contributed by atoms with Crippen LogP contribution in [0.5, 0.6) is 5.75 Å². The van der Waals surface area contributed by atoms with Gasteiger partial charge in [-0.2, -0.15) is 0 Å². The maximum Gasteiger partial charge on any atom is 0.246 e. The molecule has 8 heteroatoms. The molecule has 5 unspecified atom stereocenters. The van der Waals surface area contributed by atoms with Gasteiger partial charge in [-0.25, -0.2) is 0 Å². The summed E-state index contributed by atoms with van der Waals surface area (Å²) in [5.74, 6) is -0.308. The first-order valence-electron chi connectivity index (χ1n) is 14.8. The Bertz CT molecular complexity index is 1160. The number of ether oxygens (including phenoxy) is 2. The Labute approximate surface area is 230 Å². The molecule has 7 atom stereocenters. The Hall–Kier alpha value is -2.87. The third-order valence-electron chi connectivity index (χ3n) is 10.0. The van der Waals surface area contributed by atoms with E-state index in [0.717, 1.165) is 44.9 Å². The van der Waals surface area contributed by atoms with Crippen LogP contribution in [0.2, 0.25) is 0 Å². The van der Waals surface area contributed by atoms with Crippen molar-refractivity contribution in [1.29, 1.82) is 0 Å². The summed E-state index contributed by atoms with van der Waals surface area (Å²) in [5.41, 5.74) is -0.521. The predicted octanol–water partition coefficient (Wildman–Crippen LogP) is 4.06. The van der Waals surface area contributed by atoms with Gasteiger partial charge < -0.3 is 25.0 Å². The molecule has 2 aliphatic carbocycles. The van der Waals surface area contributed by atoms with Crippen molar-refractivity contribution < 1.29 is 23.9 Å². The molecule has 2 bridgehead atoms. The van der Waals surface area contributed by atoms with Crippen LogP contribution in [-0.4, -0.2) is 59.6 Å². The van der Waals surface area contributed by atoms with Crippen molar-refractivity contribution in [2.75, 3.05) is 12.4 Å². The quantitative estimate of drug-likeness (QED) is 0.536. The van der Waals surface area contributed by atoms with Crippen molar-refractivity contribution in [2.24, 2.45) is 23.7 Å². The minimum atomic E-state index is -1.12. The first-order valence-corrected chi connectivity index (χ1v) is 14.8. The van der Waals surface area contributed by atoms with E-state index >= 15 is 0 Å². The lowest BCUT2D eigenvalue weighted by atomic mass is 9.74. The highest BCUT2D eigenvalue weighted by molar-refractivity contribution is 6.03. The van der Waals surface area contributed by atoms with Crippen LogP contribution in [0, 0.1) is 23.7 Å². The zero-order chi connectivity index (χ0) is 27.3. The van der Waals surface area contributed by atoms with E-state index < -0.39 is 29.6 Å². The van der Waals surface area contributed by atoms with Gasteiger partial charge in [0.1, 0.15) is 17.4 Å². The van der Waals surface area contributed by atoms with Crippen LogP contribution in [0.15, 0.2) is 36.4 Å². The minimum absolute atomic E-state index is 0.0219. The second kappa shape index (κ2) is 10.3. The number of fused-ring (bicyclic) bond motifs is 1. The maximum absolute atomic E-state index is 14.3. The van der Waals surface area contributed by atoms with E-state index in [1.54, 1.807) is 19.2 Å². The summed E-state index contributed by atoms with van der Waals surface area (Å²) in [6.45, 7) is 4.44. The molecular weight excluding hydrogens is 494 g/mol. The molecule has 3 heterocycles. The van der Waals surface area contributed by atoms with Gasteiger partial charge in [0.15, 0.2) is 0 Å². The topological polar surface area (TPSA) is 97.0 Å². The molecule has 8 nitrogen and oxygen atoms in total. The molecule has 39 heavy (non-hydrogen) atoms. The van der Waals surface area contributed by atoms with Crippen LogP contribution in [0.3, 0.4) is 0 Å². The molecule has 2 saturated heterocycles. The molecule has 0 aromatic heterocycles. The number of carbonyl (C=O) groups excluding carboxylic acids is 3. The van der Waals surface area contributed by atoms with Crippen molar-refractivity contribution in [3.05, 3.63) is 36.4 Å². The number of amides is 3. The summed E-state index contributed by atoms with van der Waals surface area (Å²) in [6, 6.07) is 6.49. The molecule has 5 aliphatic rings. The van der Waals surface area contributed by atoms with E-state index in [0.29, 0.717) is 23.3 Å². The molecular formula is C31H41N3O5. The predicted molar refractivity (Wildman–Crippen MR) is 147 cm³/mol. The van der Waals surface area contributed by atoms with E-state index in [1.165, 1.54) is 6.42 Å². The third-order valence-corrected chi connectivity index (χ3v) is 10.0. The van der Waals surface area contributed by atoms with Gasteiger partial charge in [-0.05, 0) is 62.5 Å². The number of likely N-dealkylation sites (tertiary alicyclic amines) is 1. The first-order chi connectivity index (χ1) is 18.8.